The van der Waals surface area contributed by atoms with Gasteiger partial charge in [-0.25, -0.2) is 0 Å². The van der Waals surface area contributed by atoms with Gasteiger partial charge < -0.3 is 9.47 Å². The molecule has 0 aromatic rings. The number of unbranched alkanes of at least 4 members (excludes halogenated alkanes) is 5. The molecule has 162 valence electrons. The number of allylic oxidation sites excluding steroid dienone is 1. The molecule has 0 N–H and O–H groups in total. The van der Waals surface area contributed by atoms with Crippen LogP contribution in [0.25, 0.3) is 0 Å². The minimum atomic E-state index is 0.278. The third kappa shape index (κ3) is 20.7. The maximum atomic E-state index is 5.90. The molecular formula is C23H46O2S2. The van der Waals surface area contributed by atoms with Gasteiger partial charge in [-0.1, -0.05) is 87.5 Å². The molecule has 0 amide bonds. The van der Waals surface area contributed by atoms with E-state index in [1.165, 1.54) is 57.8 Å². The lowest BCUT2D eigenvalue weighted by atomic mass is 10.0. The highest BCUT2D eigenvalue weighted by molar-refractivity contribution is 8.76. The van der Waals surface area contributed by atoms with Crippen molar-refractivity contribution in [2.75, 3.05) is 19.5 Å². The van der Waals surface area contributed by atoms with Gasteiger partial charge in [0.2, 0.25) is 0 Å². The van der Waals surface area contributed by atoms with Crippen LogP contribution < -0.4 is 0 Å². The summed E-state index contributed by atoms with van der Waals surface area (Å²) in [6.07, 6.45) is 16.0. The lowest BCUT2D eigenvalue weighted by Gasteiger charge is -2.15. The van der Waals surface area contributed by atoms with Crippen molar-refractivity contribution in [3.63, 3.8) is 0 Å². The first-order valence-corrected chi connectivity index (χ1v) is 13.7. The highest BCUT2D eigenvalue weighted by Gasteiger charge is 2.05. The SMILES string of the molecule is C=C(CCCCCCC(C)C)OCCC(C)OCCCCCC(C)SSC. The van der Waals surface area contributed by atoms with Crippen LogP contribution in [0, 0.1) is 5.92 Å². The summed E-state index contributed by atoms with van der Waals surface area (Å²) in [6.45, 7) is 14.7. The fourth-order valence-electron chi connectivity index (χ4n) is 2.96. The highest BCUT2D eigenvalue weighted by atomic mass is 33.1. The predicted molar refractivity (Wildman–Crippen MR) is 127 cm³/mol. The van der Waals surface area contributed by atoms with Crippen molar-refractivity contribution in [2.45, 2.75) is 110 Å². The molecule has 27 heavy (non-hydrogen) atoms. The van der Waals surface area contributed by atoms with Crippen LogP contribution in [-0.4, -0.2) is 30.8 Å². The van der Waals surface area contributed by atoms with Crippen molar-refractivity contribution in [3.8, 4) is 0 Å². The summed E-state index contributed by atoms with van der Waals surface area (Å²) in [5.74, 6) is 1.78. The molecular weight excluding hydrogens is 372 g/mol. The van der Waals surface area contributed by atoms with E-state index in [2.05, 4.69) is 40.5 Å². The number of hydrogen-bond acceptors (Lipinski definition) is 4. The Bertz CT molecular complexity index is 334. The summed E-state index contributed by atoms with van der Waals surface area (Å²) in [6, 6.07) is 0. The molecule has 0 aliphatic carbocycles. The first-order valence-electron chi connectivity index (χ1n) is 11.1. The zero-order valence-corrected chi connectivity index (χ0v) is 20.4. The summed E-state index contributed by atoms with van der Waals surface area (Å²) >= 11 is 0. The standard InChI is InChI=1S/C23H46O2S2/c1-20(2)14-10-7-8-11-15-21(3)25-19-17-22(4)24-18-13-9-12-16-23(5)27-26-6/h20,22-23H,3,7-19H2,1-2,4-6H3. The van der Waals surface area contributed by atoms with Crippen molar-refractivity contribution >= 4 is 21.6 Å². The van der Waals surface area contributed by atoms with Crippen LogP contribution in [-0.2, 0) is 9.47 Å². The van der Waals surface area contributed by atoms with Crippen LogP contribution in [0.15, 0.2) is 12.3 Å². The normalized spacial score (nSPS) is 13.7. The van der Waals surface area contributed by atoms with E-state index in [0.29, 0.717) is 0 Å². The Balaban J connectivity index is 3.39. The maximum absolute atomic E-state index is 5.90. The summed E-state index contributed by atoms with van der Waals surface area (Å²) in [7, 11) is 3.86. The van der Waals surface area contributed by atoms with E-state index >= 15 is 0 Å². The van der Waals surface area contributed by atoms with Gasteiger partial charge >= 0.3 is 0 Å². The molecule has 0 aromatic heterocycles. The minimum absolute atomic E-state index is 0.278. The molecule has 0 spiro atoms. The largest absolute Gasteiger partial charge is 0.498 e. The monoisotopic (exact) mass is 418 g/mol. The van der Waals surface area contributed by atoms with E-state index in [-0.39, 0.29) is 6.10 Å². The van der Waals surface area contributed by atoms with Gasteiger partial charge in [0, 0.05) is 24.7 Å². The van der Waals surface area contributed by atoms with Gasteiger partial charge in [0.05, 0.1) is 18.5 Å². The molecule has 2 unspecified atom stereocenters. The molecule has 2 nitrogen and oxygen atoms in total. The van der Waals surface area contributed by atoms with Gasteiger partial charge in [0.25, 0.3) is 0 Å². The van der Waals surface area contributed by atoms with Crippen molar-refractivity contribution in [1.82, 2.24) is 0 Å². The molecule has 4 heteroatoms. The molecule has 0 saturated carbocycles. The molecule has 0 heterocycles. The Labute approximate surface area is 178 Å². The van der Waals surface area contributed by atoms with E-state index in [0.717, 1.165) is 43.0 Å². The fraction of sp³-hybridized carbons (Fsp3) is 0.913. The summed E-state index contributed by atoms with van der Waals surface area (Å²) in [5, 5.41) is 0.769. The second-order valence-corrected chi connectivity index (χ2v) is 11.0. The number of ether oxygens (including phenoxy) is 2. The molecule has 0 aliphatic heterocycles. The summed E-state index contributed by atoms with van der Waals surface area (Å²) in [5.41, 5.74) is 0. The van der Waals surface area contributed by atoms with E-state index in [9.17, 15) is 0 Å². The van der Waals surface area contributed by atoms with Crippen molar-refractivity contribution in [3.05, 3.63) is 12.3 Å². The lowest BCUT2D eigenvalue weighted by Crippen LogP contribution is -2.12. The molecule has 0 radical (unpaired) electrons. The van der Waals surface area contributed by atoms with Gasteiger partial charge in [-0.3, -0.25) is 0 Å². The molecule has 0 bridgehead atoms. The van der Waals surface area contributed by atoms with E-state index in [4.69, 9.17) is 9.47 Å². The van der Waals surface area contributed by atoms with E-state index < -0.39 is 0 Å². The lowest BCUT2D eigenvalue weighted by molar-refractivity contribution is 0.0399. The third-order valence-electron chi connectivity index (χ3n) is 4.74. The van der Waals surface area contributed by atoms with Crippen molar-refractivity contribution < 1.29 is 9.47 Å². The van der Waals surface area contributed by atoms with Crippen LogP contribution in [0.2, 0.25) is 0 Å². The zero-order chi connectivity index (χ0) is 20.3. The van der Waals surface area contributed by atoms with E-state index in [1.54, 1.807) is 0 Å². The highest BCUT2D eigenvalue weighted by Crippen LogP contribution is 2.26. The second-order valence-electron chi connectivity index (χ2n) is 8.13. The van der Waals surface area contributed by atoms with Gasteiger partial charge in [-0.2, -0.15) is 0 Å². The van der Waals surface area contributed by atoms with E-state index in [1.807, 2.05) is 21.6 Å². The topological polar surface area (TPSA) is 18.5 Å². The summed E-state index contributed by atoms with van der Waals surface area (Å²) in [4.78, 5) is 0. The quantitative estimate of drug-likeness (QED) is 0.112. The van der Waals surface area contributed by atoms with Gasteiger partial charge in [0.15, 0.2) is 0 Å². The fourth-order valence-corrected chi connectivity index (χ4v) is 4.83. The van der Waals surface area contributed by atoms with Gasteiger partial charge in [0.1, 0.15) is 0 Å². The van der Waals surface area contributed by atoms with Crippen LogP contribution >= 0.6 is 21.6 Å². The smallest absolute Gasteiger partial charge is 0.0901 e. The minimum Gasteiger partial charge on any atom is -0.498 e. The van der Waals surface area contributed by atoms with Crippen molar-refractivity contribution in [2.24, 2.45) is 5.92 Å². The molecule has 0 rings (SSSR count). The first-order chi connectivity index (χ1) is 13.0. The Hall–Kier alpha value is 0.200. The Morgan fingerprint density at radius 2 is 1.48 bits per heavy atom. The van der Waals surface area contributed by atoms with Crippen LogP contribution in [0.1, 0.15) is 98.3 Å². The number of rotatable bonds is 20. The average molecular weight is 419 g/mol. The Kier molecular flexibility index (Phi) is 19.7. The van der Waals surface area contributed by atoms with Crippen molar-refractivity contribution in [1.29, 1.82) is 0 Å². The molecule has 0 aromatic carbocycles. The first kappa shape index (κ1) is 27.2. The third-order valence-corrected chi connectivity index (χ3v) is 7.06. The maximum Gasteiger partial charge on any atom is 0.0901 e. The van der Waals surface area contributed by atoms with Gasteiger partial charge in [-0.05, 0) is 38.4 Å². The van der Waals surface area contributed by atoms with Crippen LogP contribution in [0.4, 0.5) is 0 Å². The molecule has 0 saturated heterocycles. The zero-order valence-electron chi connectivity index (χ0n) is 18.8. The molecule has 0 aliphatic rings. The van der Waals surface area contributed by atoms with Crippen LogP contribution in [0.3, 0.4) is 0 Å². The predicted octanol–water partition coefficient (Wildman–Crippen LogP) is 8.27. The van der Waals surface area contributed by atoms with Crippen LogP contribution in [0.5, 0.6) is 0 Å². The molecule has 2 atom stereocenters. The Morgan fingerprint density at radius 3 is 2.19 bits per heavy atom. The summed E-state index contributed by atoms with van der Waals surface area (Å²) < 4.78 is 11.7. The molecule has 0 fully saturated rings. The van der Waals surface area contributed by atoms with Gasteiger partial charge in [-0.15, -0.1) is 0 Å². The number of hydrogen-bond donors (Lipinski definition) is 0. The second kappa shape index (κ2) is 19.5. The Morgan fingerprint density at radius 1 is 0.815 bits per heavy atom. The average Bonchev–Trinajstić information content (AvgIpc) is 2.61.